The summed E-state index contributed by atoms with van der Waals surface area (Å²) >= 11 is 0. The van der Waals surface area contributed by atoms with Crippen LogP contribution >= 0.6 is 0 Å². The van der Waals surface area contributed by atoms with E-state index in [0.29, 0.717) is 43.1 Å². The predicted octanol–water partition coefficient (Wildman–Crippen LogP) is 1.91. The van der Waals surface area contributed by atoms with Gasteiger partial charge in [0.1, 0.15) is 5.82 Å². The highest BCUT2D eigenvalue weighted by Gasteiger charge is 2.43. The number of amides is 2. The van der Waals surface area contributed by atoms with E-state index in [1.165, 1.54) is 11.0 Å². The number of aliphatic carboxylic acids is 1. The van der Waals surface area contributed by atoms with Crippen LogP contribution in [0.2, 0.25) is 0 Å². The fourth-order valence-electron chi connectivity index (χ4n) is 4.09. The second-order valence-corrected chi connectivity index (χ2v) is 7.50. The number of anilines is 2. The van der Waals surface area contributed by atoms with Gasteiger partial charge in [-0.25, -0.2) is 9.29 Å². The molecule has 2 aromatic carbocycles. The monoisotopic (exact) mass is 411 g/mol. The Hall–Kier alpha value is -3.26. The smallest absolute Gasteiger partial charge is 0.307 e. The van der Waals surface area contributed by atoms with Crippen molar-refractivity contribution in [2.24, 2.45) is 0 Å². The third-order valence-corrected chi connectivity index (χ3v) is 5.62. The highest BCUT2D eigenvalue weighted by Crippen LogP contribution is 2.28. The Labute approximate surface area is 173 Å². The van der Waals surface area contributed by atoms with E-state index in [-0.39, 0.29) is 30.5 Å². The second kappa shape index (κ2) is 8.23. The van der Waals surface area contributed by atoms with Crippen molar-refractivity contribution in [3.8, 4) is 0 Å². The largest absolute Gasteiger partial charge is 0.481 e. The quantitative estimate of drug-likeness (QED) is 0.757. The molecule has 156 valence electrons. The first-order valence-corrected chi connectivity index (χ1v) is 9.85. The molecule has 2 fully saturated rings. The van der Waals surface area contributed by atoms with E-state index in [4.69, 9.17) is 5.11 Å². The maximum absolute atomic E-state index is 14.0. The minimum absolute atomic E-state index is 0.107. The number of carbonyl (C=O) groups is 3. The van der Waals surface area contributed by atoms with Crippen LogP contribution in [0.25, 0.3) is 0 Å². The zero-order valence-corrected chi connectivity index (χ0v) is 16.3. The summed E-state index contributed by atoms with van der Waals surface area (Å²) in [6.07, 6.45) is -0.00745. The summed E-state index contributed by atoms with van der Waals surface area (Å²) < 4.78 is 14.0. The fourth-order valence-corrected chi connectivity index (χ4v) is 4.09. The van der Waals surface area contributed by atoms with Crippen LogP contribution in [0, 0.1) is 5.82 Å². The van der Waals surface area contributed by atoms with Crippen molar-refractivity contribution >= 4 is 29.2 Å². The number of nitrogens with zero attached hydrogens (tertiary/aromatic N) is 3. The van der Waals surface area contributed by atoms with Crippen molar-refractivity contribution in [3.05, 3.63) is 59.9 Å². The fraction of sp³-hybridized carbons (Fsp3) is 0.318. The average molecular weight is 411 g/mol. The lowest BCUT2D eigenvalue weighted by molar-refractivity contribution is -0.136. The number of carbonyl (C=O) groups excluding carboxylic acids is 2. The van der Waals surface area contributed by atoms with Crippen molar-refractivity contribution in [2.75, 3.05) is 36.0 Å². The topological polar surface area (TPSA) is 81.2 Å². The molecular weight excluding hydrogens is 389 g/mol. The van der Waals surface area contributed by atoms with Crippen LogP contribution in [0.1, 0.15) is 12.0 Å². The number of rotatable bonds is 5. The molecular formula is C22H22FN3O4. The number of benzene rings is 2. The van der Waals surface area contributed by atoms with Crippen LogP contribution in [0.3, 0.4) is 0 Å². The maximum Gasteiger partial charge on any atom is 0.307 e. The summed E-state index contributed by atoms with van der Waals surface area (Å²) in [7, 11) is 0. The summed E-state index contributed by atoms with van der Waals surface area (Å²) in [5.74, 6) is -1.75. The Morgan fingerprint density at radius 3 is 2.30 bits per heavy atom. The number of imide groups is 1. The number of halogens is 1. The summed E-state index contributed by atoms with van der Waals surface area (Å²) in [5, 5.41) is 8.87. The second-order valence-electron chi connectivity index (χ2n) is 7.50. The molecule has 0 spiro atoms. The summed E-state index contributed by atoms with van der Waals surface area (Å²) in [6.45, 7) is 2.26. The molecule has 1 N–H and O–H groups in total. The zero-order chi connectivity index (χ0) is 21.3. The molecule has 0 radical (unpaired) electrons. The van der Waals surface area contributed by atoms with Crippen LogP contribution in [0.5, 0.6) is 0 Å². The van der Waals surface area contributed by atoms with Gasteiger partial charge in [0.05, 0.1) is 30.3 Å². The minimum atomic E-state index is -0.939. The third-order valence-electron chi connectivity index (χ3n) is 5.62. The van der Waals surface area contributed by atoms with E-state index in [0.717, 1.165) is 0 Å². The third kappa shape index (κ3) is 3.91. The normalized spacial score (nSPS) is 20.1. The molecule has 0 bridgehead atoms. The van der Waals surface area contributed by atoms with Gasteiger partial charge in [-0.3, -0.25) is 19.3 Å². The Bertz CT molecular complexity index is 971. The molecule has 2 amide bonds. The lowest BCUT2D eigenvalue weighted by Gasteiger charge is -2.38. The SMILES string of the molecule is O=C(O)Cc1ccc(N2C(=O)CC(N3CCN(c4ccccc4F)CC3)C2=O)cc1. The van der Waals surface area contributed by atoms with Crippen molar-refractivity contribution < 1.29 is 23.9 Å². The molecule has 2 saturated heterocycles. The Morgan fingerprint density at radius 1 is 1.00 bits per heavy atom. The molecule has 2 heterocycles. The van der Waals surface area contributed by atoms with Crippen LogP contribution in [0.15, 0.2) is 48.5 Å². The summed E-state index contributed by atoms with van der Waals surface area (Å²) in [6, 6.07) is 12.5. The van der Waals surface area contributed by atoms with E-state index in [9.17, 15) is 18.8 Å². The van der Waals surface area contributed by atoms with Crippen molar-refractivity contribution in [1.82, 2.24) is 4.90 Å². The van der Waals surface area contributed by atoms with Gasteiger partial charge in [0.25, 0.3) is 5.91 Å². The molecule has 0 saturated carbocycles. The zero-order valence-electron chi connectivity index (χ0n) is 16.3. The van der Waals surface area contributed by atoms with Crippen molar-refractivity contribution in [2.45, 2.75) is 18.9 Å². The first-order chi connectivity index (χ1) is 14.4. The van der Waals surface area contributed by atoms with Crippen molar-refractivity contribution in [1.29, 1.82) is 0 Å². The molecule has 2 aromatic rings. The van der Waals surface area contributed by atoms with E-state index in [1.807, 2.05) is 9.80 Å². The van der Waals surface area contributed by atoms with Gasteiger partial charge < -0.3 is 10.0 Å². The number of hydrogen-bond acceptors (Lipinski definition) is 5. The Balaban J connectivity index is 1.42. The number of piperazine rings is 1. The maximum atomic E-state index is 14.0. The van der Waals surface area contributed by atoms with Crippen molar-refractivity contribution in [3.63, 3.8) is 0 Å². The van der Waals surface area contributed by atoms with Gasteiger partial charge in [0.2, 0.25) is 5.91 Å². The average Bonchev–Trinajstić information content (AvgIpc) is 3.03. The lowest BCUT2D eigenvalue weighted by Crippen LogP contribution is -2.52. The van der Waals surface area contributed by atoms with Gasteiger partial charge in [-0.1, -0.05) is 24.3 Å². The molecule has 0 aromatic heterocycles. The molecule has 0 aliphatic carbocycles. The number of carboxylic acid groups (broad SMARTS) is 1. The van der Waals surface area contributed by atoms with Crippen LogP contribution < -0.4 is 9.80 Å². The van der Waals surface area contributed by atoms with Gasteiger partial charge in [-0.05, 0) is 29.8 Å². The molecule has 1 atom stereocenters. The summed E-state index contributed by atoms with van der Waals surface area (Å²) in [4.78, 5) is 41.5. The molecule has 30 heavy (non-hydrogen) atoms. The molecule has 8 heteroatoms. The predicted molar refractivity (Wildman–Crippen MR) is 109 cm³/mol. The Morgan fingerprint density at radius 2 is 1.67 bits per heavy atom. The van der Waals surface area contributed by atoms with E-state index in [1.54, 1.807) is 42.5 Å². The molecule has 2 aliphatic heterocycles. The number of hydrogen-bond donors (Lipinski definition) is 1. The number of para-hydroxylation sites is 1. The van der Waals surface area contributed by atoms with E-state index in [2.05, 4.69) is 0 Å². The highest BCUT2D eigenvalue weighted by atomic mass is 19.1. The number of carboxylic acids is 1. The standard InChI is InChI=1S/C22H22FN3O4/c23-17-3-1-2-4-18(17)24-9-11-25(12-10-24)19-14-20(27)26(22(19)30)16-7-5-15(6-8-16)13-21(28)29/h1-8,19H,9-14H2,(H,28,29). The van der Waals surface area contributed by atoms with Gasteiger partial charge in [0, 0.05) is 26.2 Å². The molecule has 1 unspecified atom stereocenters. The van der Waals surface area contributed by atoms with Crippen LogP contribution in [0.4, 0.5) is 15.8 Å². The van der Waals surface area contributed by atoms with E-state index < -0.39 is 12.0 Å². The molecule has 4 rings (SSSR count). The Kier molecular flexibility index (Phi) is 5.50. The summed E-state index contributed by atoms with van der Waals surface area (Å²) in [5.41, 5.74) is 1.60. The van der Waals surface area contributed by atoms with Gasteiger partial charge in [-0.2, -0.15) is 0 Å². The van der Waals surface area contributed by atoms with Gasteiger partial charge in [0.15, 0.2) is 0 Å². The molecule has 7 nitrogen and oxygen atoms in total. The van der Waals surface area contributed by atoms with Gasteiger partial charge >= 0.3 is 5.97 Å². The first kappa shape index (κ1) is 20.0. The van der Waals surface area contributed by atoms with Crippen LogP contribution in [-0.2, 0) is 20.8 Å². The lowest BCUT2D eigenvalue weighted by atomic mass is 10.1. The highest BCUT2D eigenvalue weighted by molar-refractivity contribution is 6.22. The van der Waals surface area contributed by atoms with Gasteiger partial charge in [-0.15, -0.1) is 0 Å². The first-order valence-electron chi connectivity index (χ1n) is 9.85. The minimum Gasteiger partial charge on any atom is -0.481 e. The molecule has 2 aliphatic rings. The van der Waals surface area contributed by atoms with Crippen LogP contribution in [-0.4, -0.2) is 60.0 Å². The van der Waals surface area contributed by atoms with E-state index >= 15 is 0 Å².